The fraction of sp³-hybridized carbons (Fsp3) is 0.500. The van der Waals surface area contributed by atoms with Crippen LogP contribution in [0.15, 0.2) is 16.6 Å². The van der Waals surface area contributed by atoms with Crippen molar-refractivity contribution < 1.29 is 9.47 Å². The molecule has 0 bridgehead atoms. The first kappa shape index (κ1) is 11.7. The molecule has 0 radical (unpaired) electrons. The lowest BCUT2D eigenvalue weighted by molar-refractivity contribution is 0.353. The third-order valence-electron chi connectivity index (χ3n) is 3.29. The molecule has 1 fully saturated rings. The molecule has 1 aromatic rings. The zero-order valence-corrected chi connectivity index (χ0v) is 11.1. The average molecular weight is 286 g/mol. The van der Waals surface area contributed by atoms with Gasteiger partial charge < -0.3 is 15.2 Å². The quantitative estimate of drug-likeness (QED) is 0.924. The first-order chi connectivity index (χ1) is 7.66. The van der Waals surface area contributed by atoms with Crippen LogP contribution in [0.25, 0.3) is 0 Å². The van der Waals surface area contributed by atoms with Crippen LogP contribution in [0.5, 0.6) is 11.5 Å². The van der Waals surface area contributed by atoms with E-state index in [2.05, 4.69) is 15.9 Å². The third kappa shape index (κ3) is 1.80. The van der Waals surface area contributed by atoms with Gasteiger partial charge in [0.05, 0.1) is 14.2 Å². The molecule has 16 heavy (non-hydrogen) atoms. The fourth-order valence-electron chi connectivity index (χ4n) is 1.99. The predicted octanol–water partition coefficient (Wildman–Crippen LogP) is 2.46. The Kier molecular flexibility index (Phi) is 3.13. The van der Waals surface area contributed by atoms with Gasteiger partial charge in [-0.25, -0.2) is 0 Å². The summed E-state index contributed by atoms with van der Waals surface area (Å²) in [6, 6.07) is 3.98. The Labute approximate surface area is 104 Å². The van der Waals surface area contributed by atoms with E-state index < -0.39 is 0 Å². The molecule has 0 atom stereocenters. The minimum atomic E-state index is 0.151. The zero-order valence-electron chi connectivity index (χ0n) is 9.55. The van der Waals surface area contributed by atoms with Gasteiger partial charge >= 0.3 is 0 Å². The number of nitrogens with two attached hydrogens (primary N) is 1. The number of methoxy groups -OCH3 is 2. The number of hydrogen-bond acceptors (Lipinski definition) is 3. The van der Waals surface area contributed by atoms with Crippen LogP contribution in [0, 0.1) is 0 Å². The van der Waals surface area contributed by atoms with E-state index in [1.54, 1.807) is 14.2 Å². The van der Waals surface area contributed by atoms with Gasteiger partial charge in [0.25, 0.3) is 0 Å². The van der Waals surface area contributed by atoms with Crippen molar-refractivity contribution in [3.05, 3.63) is 22.2 Å². The minimum Gasteiger partial charge on any atom is -0.493 e. The summed E-state index contributed by atoms with van der Waals surface area (Å²) in [4.78, 5) is 0. The van der Waals surface area contributed by atoms with Crippen LogP contribution in [0.3, 0.4) is 0 Å². The molecule has 1 aliphatic rings. The number of hydrogen-bond donors (Lipinski definition) is 1. The summed E-state index contributed by atoms with van der Waals surface area (Å²) in [6.07, 6.45) is 2.30. The second-order valence-electron chi connectivity index (χ2n) is 4.17. The Balaban J connectivity index is 2.47. The lowest BCUT2D eigenvalue weighted by Crippen LogP contribution is -2.20. The van der Waals surface area contributed by atoms with Crippen LogP contribution >= 0.6 is 15.9 Å². The van der Waals surface area contributed by atoms with Gasteiger partial charge in [-0.05, 0) is 30.5 Å². The Morgan fingerprint density at radius 1 is 1.25 bits per heavy atom. The van der Waals surface area contributed by atoms with Crippen molar-refractivity contribution in [1.82, 2.24) is 0 Å². The SMILES string of the molecule is COc1cc(Br)c(C2(CN)CC2)cc1OC. The molecule has 0 amide bonds. The van der Waals surface area contributed by atoms with E-state index in [0.717, 1.165) is 28.8 Å². The molecule has 0 saturated heterocycles. The highest BCUT2D eigenvalue weighted by atomic mass is 79.9. The standard InChI is InChI=1S/C12H16BrNO2/c1-15-10-5-8(12(7-14)3-4-12)9(13)6-11(10)16-2/h5-6H,3-4,7,14H2,1-2H3. The van der Waals surface area contributed by atoms with Crippen LogP contribution in [-0.4, -0.2) is 20.8 Å². The smallest absolute Gasteiger partial charge is 0.161 e. The summed E-state index contributed by atoms with van der Waals surface area (Å²) in [7, 11) is 3.29. The molecule has 0 heterocycles. The molecule has 2 N–H and O–H groups in total. The number of halogens is 1. The molecule has 0 unspecified atom stereocenters. The van der Waals surface area contributed by atoms with E-state index in [1.807, 2.05) is 12.1 Å². The van der Waals surface area contributed by atoms with Gasteiger partial charge in [-0.1, -0.05) is 15.9 Å². The van der Waals surface area contributed by atoms with Gasteiger partial charge in [0.1, 0.15) is 0 Å². The van der Waals surface area contributed by atoms with Crippen LogP contribution in [0.2, 0.25) is 0 Å². The molecule has 88 valence electrons. The van der Waals surface area contributed by atoms with Gasteiger partial charge in [0, 0.05) is 16.4 Å². The van der Waals surface area contributed by atoms with Crippen LogP contribution in [0.4, 0.5) is 0 Å². The lowest BCUT2D eigenvalue weighted by Gasteiger charge is -2.18. The molecule has 1 aliphatic carbocycles. The Bertz CT molecular complexity index is 402. The van der Waals surface area contributed by atoms with Crippen molar-refractivity contribution in [1.29, 1.82) is 0 Å². The van der Waals surface area contributed by atoms with Crippen molar-refractivity contribution in [2.24, 2.45) is 5.73 Å². The summed E-state index contributed by atoms with van der Waals surface area (Å²) in [5, 5.41) is 0. The largest absolute Gasteiger partial charge is 0.493 e. The highest BCUT2D eigenvalue weighted by molar-refractivity contribution is 9.10. The van der Waals surface area contributed by atoms with Crippen molar-refractivity contribution >= 4 is 15.9 Å². The molecule has 3 nitrogen and oxygen atoms in total. The fourth-order valence-corrected chi connectivity index (χ4v) is 2.74. The predicted molar refractivity (Wildman–Crippen MR) is 67.2 cm³/mol. The van der Waals surface area contributed by atoms with Gasteiger partial charge in [-0.2, -0.15) is 0 Å². The Morgan fingerprint density at radius 2 is 1.81 bits per heavy atom. The number of benzene rings is 1. The van der Waals surface area contributed by atoms with Crippen LogP contribution < -0.4 is 15.2 Å². The first-order valence-electron chi connectivity index (χ1n) is 5.29. The Hall–Kier alpha value is -0.740. The summed E-state index contributed by atoms with van der Waals surface area (Å²) in [6.45, 7) is 0.682. The molecule has 0 aromatic heterocycles. The molecular formula is C12H16BrNO2. The summed E-state index contributed by atoms with van der Waals surface area (Å²) >= 11 is 3.58. The molecule has 1 saturated carbocycles. The highest BCUT2D eigenvalue weighted by Gasteiger charge is 2.44. The maximum Gasteiger partial charge on any atom is 0.161 e. The molecule has 0 aliphatic heterocycles. The van der Waals surface area contributed by atoms with Gasteiger partial charge in [-0.15, -0.1) is 0 Å². The second-order valence-corrected chi connectivity index (χ2v) is 5.03. The third-order valence-corrected chi connectivity index (χ3v) is 3.94. The van der Waals surface area contributed by atoms with E-state index >= 15 is 0 Å². The van der Waals surface area contributed by atoms with E-state index in [4.69, 9.17) is 15.2 Å². The number of ether oxygens (including phenoxy) is 2. The molecule has 4 heteroatoms. The monoisotopic (exact) mass is 285 g/mol. The normalized spacial score (nSPS) is 17.0. The summed E-state index contributed by atoms with van der Waals surface area (Å²) < 4.78 is 11.6. The van der Waals surface area contributed by atoms with Crippen LogP contribution in [-0.2, 0) is 5.41 Å². The van der Waals surface area contributed by atoms with Crippen molar-refractivity contribution in [2.45, 2.75) is 18.3 Å². The van der Waals surface area contributed by atoms with E-state index in [0.29, 0.717) is 6.54 Å². The van der Waals surface area contributed by atoms with E-state index in [9.17, 15) is 0 Å². The average Bonchev–Trinajstić information content (AvgIpc) is 3.09. The Morgan fingerprint density at radius 3 is 2.25 bits per heavy atom. The summed E-state index contributed by atoms with van der Waals surface area (Å²) in [5.74, 6) is 1.51. The molecule has 0 spiro atoms. The second kappa shape index (κ2) is 4.26. The topological polar surface area (TPSA) is 44.5 Å². The highest BCUT2D eigenvalue weighted by Crippen LogP contribution is 2.51. The lowest BCUT2D eigenvalue weighted by atomic mass is 9.96. The molecule has 1 aromatic carbocycles. The first-order valence-corrected chi connectivity index (χ1v) is 6.08. The van der Waals surface area contributed by atoms with Crippen LogP contribution in [0.1, 0.15) is 18.4 Å². The van der Waals surface area contributed by atoms with Gasteiger partial charge in [0.2, 0.25) is 0 Å². The summed E-state index contributed by atoms with van der Waals surface area (Å²) in [5.41, 5.74) is 7.22. The zero-order chi connectivity index (χ0) is 11.8. The minimum absolute atomic E-state index is 0.151. The van der Waals surface area contributed by atoms with Crippen molar-refractivity contribution in [3.63, 3.8) is 0 Å². The van der Waals surface area contributed by atoms with Gasteiger partial charge in [-0.3, -0.25) is 0 Å². The van der Waals surface area contributed by atoms with E-state index in [1.165, 1.54) is 5.56 Å². The maximum absolute atomic E-state index is 5.84. The van der Waals surface area contributed by atoms with Crippen molar-refractivity contribution in [2.75, 3.05) is 20.8 Å². The molecular weight excluding hydrogens is 270 g/mol. The van der Waals surface area contributed by atoms with Crippen molar-refractivity contribution in [3.8, 4) is 11.5 Å². The van der Waals surface area contributed by atoms with Gasteiger partial charge in [0.15, 0.2) is 11.5 Å². The maximum atomic E-state index is 5.84. The molecule has 2 rings (SSSR count). The van der Waals surface area contributed by atoms with E-state index in [-0.39, 0.29) is 5.41 Å². The number of rotatable bonds is 4.